The zero-order chi connectivity index (χ0) is 13.3. The minimum absolute atomic E-state index is 0.106. The van der Waals surface area contributed by atoms with E-state index in [2.05, 4.69) is 9.88 Å². The molecule has 0 atom stereocenters. The second-order valence-electron chi connectivity index (χ2n) is 4.37. The van der Waals surface area contributed by atoms with Gasteiger partial charge in [0.15, 0.2) is 0 Å². The third kappa shape index (κ3) is 2.60. The van der Waals surface area contributed by atoms with Crippen LogP contribution in [-0.2, 0) is 12.4 Å². The van der Waals surface area contributed by atoms with Crippen molar-refractivity contribution in [2.45, 2.75) is 12.4 Å². The van der Waals surface area contributed by atoms with E-state index in [4.69, 9.17) is 23.2 Å². The Morgan fingerprint density at radius 2 is 2.11 bits per heavy atom. The molecule has 0 fully saturated rings. The zero-order valence-electron chi connectivity index (χ0n) is 10.3. The molecule has 0 aliphatic heterocycles. The molecule has 0 N–H and O–H groups in total. The molecule has 0 bridgehead atoms. The van der Waals surface area contributed by atoms with Gasteiger partial charge >= 0.3 is 0 Å². The molecule has 2 rings (SSSR count). The van der Waals surface area contributed by atoms with Crippen molar-refractivity contribution >= 4 is 34.2 Å². The van der Waals surface area contributed by atoms with E-state index < -0.39 is 5.82 Å². The van der Waals surface area contributed by atoms with E-state index >= 15 is 0 Å². The lowest BCUT2D eigenvalue weighted by Gasteiger charge is -2.12. The average Bonchev–Trinajstić information content (AvgIpc) is 2.64. The predicted molar refractivity (Wildman–Crippen MR) is 72.8 cm³/mol. The smallest absolute Gasteiger partial charge is 0.144 e. The number of nitrogens with zero attached hydrogens (tertiary/aromatic N) is 3. The highest BCUT2D eigenvalue weighted by Crippen LogP contribution is 2.24. The van der Waals surface area contributed by atoms with Crippen LogP contribution in [0.5, 0.6) is 0 Å². The van der Waals surface area contributed by atoms with Crippen LogP contribution in [-0.4, -0.2) is 35.1 Å². The lowest BCUT2D eigenvalue weighted by molar-refractivity contribution is 0.384. The molecule has 0 amide bonds. The molecule has 1 aromatic heterocycles. The Morgan fingerprint density at radius 3 is 2.72 bits per heavy atom. The second-order valence-corrected chi connectivity index (χ2v) is 5.05. The van der Waals surface area contributed by atoms with Crippen LogP contribution in [0.3, 0.4) is 0 Å². The van der Waals surface area contributed by atoms with E-state index in [1.54, 1.807) is 6.07 Å². The molecule has 6 heteroatoms. The quantitative estimate of drug-likeness (QED) is 0.807. The first kappa shape index (κ1) is 13.6. The molecule has 0 radical (unpaired) electrons. The van der Waals surface area contributed by atoms with E-state index in [-0.39, 0.29) is 5.02 Å². The van der Waals surface area contributed by atoms with Crippen LogP contribution in [0.15, 0.2) is 12.1 Å². The highest BCUT2D eigenvalue weighted by atomic mass is 35.5. The summed E-state index contributed by atoms with van der Waals surface area (Å²) in [7, 11) is 3.98. The largest absolute Gasteiger partial charge is 0.326 e. The van der Waals surface area contributed by atoms with Gasteiger partial charge in [-0.1, -0.05) is 11.6 Å². The summed E-state index contributed by atoms with van der Waals surface area (Å²) in [5, 5.41) is 0.106. The SMILES string of the molecule is CN(C)CCn1c(CCl)nc2cc(F)c(Cl)cc21. The third-order valence-corrected chi connectivity index (χ3v) is 3.29. The molecular formula is C12H14Cl2FN3. The maximum atomic E-state index is 13.4. The predicted octanol–water partition coefficient (Wildman–Crippen LogP) is 3.13. The summed E-state index contributed by atoms with van der Waals surface area (Å²) >= 11 is 11.7. The molecule has 0 saturated heterocycles. The number of hydrogen-bond donors (Lipinski definition) is 0. The summed E-state index contributed by atoms with van der Waals surface area (Å²) in [6.07, 6.45) is 0. The van der Waals surface area contributed by atoms with E-state index in [0.29, 0.717) is 11.4 Å². The molecule has 3 nitrogen and oxygen atoms in total. The van der Waals surface area contributed by atoms with Crippen molar-refractivity contribution in [2.24, 2.45) is 0 Å². The van der Waals surface area contributed by atoms with Gasteiger partial charge in [-0.2, -0.15) is 0 Å². The number of aromatic nitrogens is 2. The Kier molecular flexibility index (Phi) is 4.10. The number of fused-ring (bicyclic) bond motifs is 1. The number of hydrogen-bond acceptors (Lipinski definition) is 2. The molecule has 0 aliphatic carbocycles. The van der Waals surface area contributed by atoms with Gasteiger partial charge in [-0.25, -0.2) is 9.37 Å². The zero-order valence-corrected chi connectivity index (χ0v) is 11.8. The summed E-state index contributed by atoms with van der Waals surface area (Å²) in [6, 6.07) is 2.95. The number of imidazole rings is 1. The molecule has 1 aromatic carbocycles. The summed E-state index contributed by atoms with van der Waals surface area (Å²) < 4.78 is 15.4. The summed E-state index contributed by atoms with van der Waals surface area (Å²) in [5.74, 6) is 0.569. The second kappa shape index (κ2) is 5.43. The minimum atomic E-state index is -0.456. The van der Waals surface area contributed by atoms with Gasteiger partial charge in [0.1, 0.15) is 11.6 Å². The first-order chi connectivity index (χ1) is 8.52. The average molecular weight is 290 g/mol. The van der Waals surface area contributed by atoms with Crippen LogP contribution in [0.4, 0.5) is 4.39 Å². The number of benzene rings is 1. The van der Waals surface area contributed by atoms with Gasteiger partial charge in [-0.05, 0) is 20.2 Å². The molecule has 2 aromatic rings. The van der Waals surface area contributed by atoms with Crippen LogP contribution < -0.4 is 0 Å². The fraction of sp³-hybridized carbons (Fsp3) is 0.417. The molecule has 1 heterocycles. The maximum Gasteiger partial charge on any atom is 0.144 e. The van der Waals surface area contributed by atoms with Gasteiger partial charge in [0.2, 0.25) is 0 Å². The van der Waals surface area contributed by atoms with Gasteiger partial charge in [0.05, 0.1) is 21.9 Å². The Bertz CT molecular complexity index is 566. The minimum Gasteiger partial charge on any atom is -0.326 e. The lowest BCUT2D eigenvalue weighted by Crippen LogP contribution is -2.19. The van der Waals surface area contributed by atoms with Gasteiger partial charge in [0.25, 0.3) is 0 Å². The van der Waals surface area contributed by atoms with Gasteiger partial charge < -0.3 is 9.47 Å². The third-order valence-electron chi connectivity index (χ3n) is 2.76. The highest BCUT2D eigenvalue weighted by Gasteiger charge is 2.13. The molecule has 18 heavy (non-hydrogen) atoms. The van der Waals surface area contributed by atoms with Crippen LogP contribution >= 0.6 is 23.2 Å². The van der Waals surface area contributed by atoms with Crippen molar-refractivity contribution in [1.82, 2.24) is 14.5 Å². The summed E-state index contributed by atoms with van der Waals surface area (Å²) in [6.45, 7) is 1.60. The fourth-order valence-corrected chi connectivity index (χ4v) is 2.18. The normalized spacial score (nSPS) is 11.7. The Hall–Kier alpha value is -0.840. The van der Waals surface area contributed by atoms with Crippen LogP contribution in [0, 0.1) is 5.82 Å². The molecule has 0 aliphatic rings. The van der Waals surface area contributed by atoms with Crippen molar-refractivity contribution in [3.05, 3.63) is 28.8 Å². The topological polar surface area (TPSA) is 21.1 Å². The number of halogens is 3. The number of likely N-dealkylation sites (N-methyl/N-ethyl adjacent to an activating group) is 1. The van der Waals surface area contributed by atoms with Gasteiger partial charge in [-0.3, -0.25) is 0 Å². The molecule has 0 unspecified atom stereocenters. The maximum absolute atomic E-state index is 13.4. The molecule has 0 spiro atoms. The van der Waals surface area contributed by atoms with Crippen molar-refractivity contribution in [1.29, 1.82) is 0 Å². The molecular weight excluding hydrogens is 276 g/mol. The van der Waals surface area contributed by atoms with Crippen molar-refractivity contribution in [3.63, 3.8) is 0 Å². The standard InChI is InChI=1S/C12H14Cl2FN3/c1-17(2)3-4-18-11-5-8(14)9(15)6-10(11)16-12(18)7-13/h5-6H,3-4,7H2,1-2H3. The van der Waals surface area contributed by atoms with Gasteiger partial charge in [-0.15, -0.1) is 11.6 Å². The summed E-state index contributed by atoms with van der Waals surface area (Å²) in [5.41, 5.74) is 1.41. The van der Waals surface area contributed by atoms with E-state index in [0.717, 1.165) is 24.4 Å². The van der Waals surface area contributed by atoms with Crippen molar-refractivity contribution in [3.8, 4) is 0 Å². The monoisotopic (exact) mass is 289 g/mol. The fourth-order valence-electron chi connectivity index (χ4n) is 1.82. The molecule has 0 saturated carbocycles. The van der Waals surface area contributed by atoms with E-state index in [1.807, 2.05) is 18.7 Å². The van der Waals surface area contributed by atoms with Crippen LogP contribution in [0.1, 0.15) is 5.82 Å². The van der Waals surface area contributed by atoms with E-state index in [9.17, 15) is 4.39 Å². The highest BCUT2D eigenvalue weighted by molar-refractivity contribution is 6.31. The van der Waals surface area contributed by atoms with Gasteiger partial charge in [0, 0.05) is 19.2 Å². The van der Waals surface area contributed by atoms with E-state index in [1.165, 1.54) is 6.07 Å². The van der Waals surface area contributed by atoms with Crippen LogP contribution in [0.25, 0.3) is 11.0 Å². The lowest BCUT2D eigenvalue weighted by atomic mass is 10.3. The number of alkyl halides is 1. The first-order valence-corrected chi connectivity index (χ1v) is 6.49. The summed E-state index contributed by atoms with van der Waals surface area (Å²) in [4.78, 5) is 6.39. The molecule has 98 valence electrons. The Balaban J connectivity index is 2.50. The Labute approximate surface area is 115 Å². The first-order valence-electron chi connectivity index (χ1n) is 5.57. The van der Waals surface area contributed by atoms with Crippen molar-refractivity contribution in [2.75, 3.05) is 20.6 Å². The van der Waals surface area contributed by atoms with Crippen molar-refractivity contribution < 1.29 is 4.39 Å². The van der Waals surface area contributed by atoms with Crippen LogP contribution in [0.2, 0.25) is 5.02 Å². The Morgan fingerprint density at radius 1 is 1.39 bits per heavy atom. The number of rotatable bonds is 4.